The molecule has 19 atom stereocenters. The summed E-state index contributed by atoms with van der Waals surface area (Å²) in [6.45, 7) is 37.1. The lowest BCUT2D eigenvalue weighted by molar-refractivity contribution is -0.235. The summed E-state index contributed by atoms with van der Waals surface area (Å²) in [4.78, 5) is 102. The van der Waals surface area contributed by atoms with Crippen LogP contribution in [0.25, 0.3) is 23.3 Å². The third-order valence-electron chi connectivity index (χ3n) is 34.1. The molecule has 10 aliphatic carbocycles. The highest BCUT2D eigenvalue weighted by Crippen LogP contribution is 2.80. The highest BCUT2D eigenvalue weighted by molar-refractivity contribution is 6.01. The van der Waals surface area contributed by atoms with Crippen LogP contribution in [-0.2, 0) is 57.8 Å². The number of rotatable bonds is 22. The second-order valence-electron chi connectivity index (χ2n) is 41.5. The van der Waals surface area contributed by atoms with Crippen molar-refractivity contribution in [3.63, 3.8) is 0 Å². The molecule has 0 saturated heterocycles. The van der Waals surface area contributed by atoms with Crippen molar-refractivity contribution in [3.05, 3.63) is 69.4 Å². The lowest BCUT2D eigenvalue weighted by atomic mass is 9.33. The molecule has 626 valence electrons. The van der Waals surface area contributed by atoms with E-state index in [2.05, 4.69) is 139 Å². The number of aliphatic carboxylic acids is 2. The van der Waals surface area contributed by atoms with Crippen molar-refractivity contribution in [3.8, 4) is 35.4 Å². The fourth-order valence-electron chi connectivity index (χ4n) is 27.9. The van der Waals surface area contributed by atoms with Crippen LogP contribution in [0.2, 0.25) is 0 Å². The van der Waals surface area contributed by atoms with Gasteiger partial charge < -0.3 is 50.5 Å². The monoisotopic (exact) mass is 1590 g/mol. The van der Waals surface area contributed by atoms with Gasteiger partial charge in [0, 0.05) is 85.7 Å². The maximum Gasteiger partial charge on any atom is 0.310 e. The number of allylic oxidation sites excluding steroid dienone is 2. The molecule has 0 amide bonds. The number of ether oxygens (including phenoxy) is 2. The number of hydrogen-bond acceptors (Lipinski definition) is 22. The summed E-state index contributed by atoms with van der Waals surface area (Å²) in [5.74, 6) is -1.63. The smallest absolute Gasteiger partial charge is 0.310 e. The largest absolute Gasteiger partial charge is 0.481 e. The van der Waals surface area contributed by atoms with Gasteiger partial charge in [-0.2, -0.15) is 10.5 Å². The Bertz CT molecular complexity index is 4810. The standard InChI is InChI=1S/C90H124N14O12/c1-48(2)65-55(105)39-89(69(109)73-99-101-75(103(73)36-34-91)71-95-45-50(43-93)46-96-71)32-30-85(14)52(67(65)89)18-21-60-84(13)27-25-62(81(9,10)58(84)23-29-88(60,85)17)116-64(108)42-82(11,78(113)114)38-54-51(44-94)47-97-72(98-54)76-102-100-74(104(76)37-35-92)70(110)90-33-31-86(15)53(68(90)66(49(3)4)56(106)40-90)19-20-59-83(12)26-24-61(115-63(107)41-79(5,6)77(111)112)80(7,8)57(83)22-28-87(59,86)16/h45-49,52-53,57-62,69-70,109-110H,18-42,91-92H2,1-17H3,(H,111,112)(H,113,114)/t52-,53-,57+,58+,59-,60-,61+,62+,69?,70+,82?,83+,84+,85-,86-,87-,88-,89-,90-/m1/s1. The van der Waals surface area contributed by atoms with E-state index in [-0.39, 0.29) is 189 Å². The Morgan fingerprint density at radius 1 is 0.543 bits per heavy atom. The Labute approximate surface area is 682 Å². The lowest BCUT2D eigenvalue weighted by Gasteiger charge is -2.72. The first-order valence-electron chi connectivity index (χ1n) is 42.9. The van der Waals surface area contributed by atoms with Gasteiger partial charge in [-0.3, -0.25) is 28.8 Å². The van der Waals surface area contributed by atoms with E-state index in [9.17, 15) is 59.7 Å². The van der Waals surface area contributed by atoms with Crippen molar-refractivity contribution >= 4 is 35.4 Å². The number of carboxylic acid groups (broad SMARTS) is 2. The van der Waals surface area contributed by atoms with Crippen LogP contribution in [0.4, 0.5) is 0 Å². The Morgan fingerprint density at radius 2 is 0.974 bits per heavy atom. The van der Waals surface area contributed by atoms with Gasteiger partial charge in [0.2, 0.25) is 11.6 Å². The number of nitrogens with two attached hydrogens (primary N) is 2. The molecule has 8 N–H and O–H groups in total. The predicted octanol–water partition coefficient (Wildman–Crippen LogP) is 13.5. The summed E-state index contributed by atoms with van der Waals surface area (Å²) >= 11 is 0. The first-order chi connectivity index (χ1) is 54.3. The first kappa shape index (κ1) is 84.4. The van der Waals surface area contributed by atoms with Crippen molar-refractivity contribution in [2.45, 2.75) is 290 Å². The van der Waals surface area contributed by atoms with Gasteiger partial charge in [0.1, 0.15) is 36.6 Å². The summed E-state index contributed by atoms with van der Waals surface area (Å²) in [6.07, 6.45) is 12.3. The predicted molar refractivity (Wildman–Crippen MR) is 428 cm³/mol. The van der Waals surface area contributed by atoms with Crippen molar-refractivity contribution in [1.29, 1.82) is 10.5 Å². The maximum absolute atomic E-state index is 15.0. The zero-order chi connectivity index (χ0) is 84.3. The van der Waals surface area contributed by atoms with E-state index in [1.54, 1.807) is 23.0 Å². The molecule has 116 heavy (non-hydrogen) atoms. The fourth-order valence-corrected chi connectivity index (χ4v) is 27.9. The van der Waals surface area contributed by atoms with E-state index in [1.165, 1.54) is 25.5 Å². The number of aliphatic hydroxyl groups is 2. The summed E-state index contributed by atoms with van der Waals surface area (Å²) in [5, 5.41) is 86.3. The van der Waals surface area contributed by atoms with Crippen LogP contribution < -0.4 is 11.5 Å². The molecular weight excluding hydrogens is 1470 g/mol. The van der Waals surface area contributed by atoms with Crippen molar-refractivity contribution < 1.29 is 58.7 Å². The average Bonchev–Trinajstić information content (AvgIpc) is 1.16. The number of carbonyl (C=O) groups excluding carboxylic acids is 4. The quantitative estimate of drug-likeness (QED) is 0.0398. The Morgan fingerprint density at radius 3 is 1.38 bits per heavy atom. The number of Topliss-reactive ketones (excluding diaryl/α,β-unsaturated/α-hetero) is 2. The minimum atomic E-state index is -1.83. The minimum Gasteiger partial charge on any atom is -0.481 e. The van der Waals surface area contributed by atoms with Crippen molar-refractivity contribution in [2.75, 3.05) is 13.1 Å². The molecule has 0 radical (unpaired) electrons. The molecule has 0 aliphatic heterocycles. The first-order valence-corrected chi connectivity index (χ1v) is 42.9. The number of aromatic nitrogens is 10. The number of hydrogen-bond donors (Lipinski definition) is 6. The van der Waals surface area contributed by atoms with E-state index in [4.69, 9.17) is 31.0 Å². The Kier molecular flexibility index (Phi) is 21.2. The molecular formula is C90H124N14O12. The van der Waals surface area contributed by atoms with Gasteiger partial charge >= 0.3 is 23.9 Å². The zero-order valence-electron chi connectivity index (χ0n) is 71.4. The molecule has 8 saturated carbocycles. The van der Waals surface area contributed by atoms with Crippen LogP contribution in [0.5, 0.6) is 0 Å². The minimum absolute atomic E-state index is 0.000297. The number of carbonyl (C=O) groups is 6. The molecule has 0 bridgehead atoms. The molecule has 10 aliphatic rings. The molecule has 26 heteroatoms. The molecule has 14 rings (SSSR count). The van der Waals surface area contributed by atoms with Gasteiger partial charge in [-0.05, 0) is 226 Å². The van der Waals surface area contributed by atoms with Gasteiger partial charge in [0.15, 0.2) is 34.9 Å². The van der Waals surface area contributed by atoms with Crippen molar-refractivity contribution in [2.24, 2.45) is 124 Å². The normalized spacial score (nSPS) is 35.3. The number of nitriles is 2. The van der Waals surface area contributed by atoms with E-state index in [1.807, 2.05) is 0 Å². The van der Waals surface area contributed by atoms with E-state index < -0.39 is 75.7 Å². The highest BCUT2D eigenvalue weighted by Gasteiger charge is 2.74. The Hall–Kier alpha value is -8.04. The van der Waals surface area contributed by atoms with Crippen LogP contribution in [0, 0.1) is 135 Å². The number of fused-ring (bicyclic) bond motifs is 14. The highest BCUT2D eigenvalue weighted by atomic mass is 16.5. The van der Waals surface area contributed by atoms with Crippen LogP contribution in [0.3, 0.4) is 0 Å². The molecule has 4 aromatic rings. The van der Waals surface area contributed by atoms with Gasteiger partial charge in [0.25, 0.3) is 0 Å². The van der Waals surface area contributed by atoms with Crippen LogP contribution in [-0.4, -0.2) is 131 Å². The third kappa shape index (κ3) is 12.5. The van der Waals surface area contributed by atoms with Gasteiger partial charge in [-0.25, -0.2) is 19.9 Å². The van der Waals surface area contributed by atoms with Crippen molar-refractivity contribution in [1.82, 2.24) is 49.5 Å². The molecule has 0 spiro atoms. The molecule has 0 aromatic carbocycles. The number of carboxylic acids is 2. The van der Waals surface area contributed by atoms with E-state index in [0.717, 1.165) is 99.3 Å². The second kappa shape index (κ2) is 29.2. The molecule has 4 aromatic heterocycles. The van der Waals surface area contributed by atoms with E-state index in [0.29, 0.717) is 43.3 Å². The summed E-state index contributed by atoms with van der Waals surface area (Å²) in [6, 6.07) is 4.21. The summed E-state index contributed by atoms with van der Waals surface area (Å²) < 4.78 is 16.3. The maximum atomic E-state index is 15.0. The summed E-state index contributed by atoms with van der Waals surface area (Å²) in [5.41, 5.74) is 9.48. The molecule has 26 nitrogen and oxygen atoms in total. The van der Waals surface area contributed by atoms with Crippen LogP contribution in [0.15, 0.2) is 40.9 Å². The fraction of sp³-hybridized carbons (Fsp3) is 0.733. The second-order valence-corrected chi connectivity index (χ2v) is 41.5. The van der Waals surface area contributed by atoms with Crippen LogP contribution in [0.1, 0.15) is 287 Å². The number of esters is 2. The topological polar surface area (TPSA) is 414 Å². The van der Waals surface area contributed by atoms with E-state index >= 15 is 0 Å². The van der Waals surface area contributed by atoms with Gasteiger partial charge in [-0.1, -0.05) is 96.9 Å². The number of aliphatic hydroxyl groups excluding tert-OH is 2. The number of ketones is 2. The molecule has 4 heterocycles. The Balaban J connectivity index is 0.680. The zero-order valence-corrected chi connectivity index (χ0v) is 71.4. The lowest BCUT2D eigenvalue weighted by Crippen LogP contribution is -2.66. The summed E-state index contributed by atoms with van der Waals surface area (Å²) in [7, 11) is 0. The van der Waals surface area contributed by atoms with Crippen LogP contribution >= 0.6 is 0 Å². The SMILES string of the molecule is CC(C)C1=C2[C@H]3CC[C@@H]4[C@@]5(C)CC[C@H](OC(=O)CC(C)(Cc6nc(-c7nnc([C@H](O)[C@@]89CC[C@]%10(C)[C@H](CC[C@@H]%11[C@@]%12(C)CC[C@H](OC(=O)CC(C)(C)C(=O)O)C(C)(C)[C@@H]%12CC[C@]%11%10C)C8=C(C(C)C)C(=O)C9)n7CCN)ncc6C#N)C(=O)O)C(C)(C)[C@@H]5CC[C@@]4(C)[C@]3(C)CC[C@@]2(C(O)c2nnc(-c3ncc(C#N)cn3)n2CCN)CC1=O. The molecule has 8 fully saturated rings. The van der Waals surface area contributed by atoms with Gasteiger partial charge in [0.05, 0.1) is 40.5 Å². The van der Waals surface area contributed by atoms with Gasteiger partial charge in [-0.15, -0.1) is 20.4 Å². The average molecular weight is 1590 g/mol. The molecule has 2 unspecified atom stereocenters. The third-order valence-corrected chi connectivity index (χ3v) is 34.1. The number of nitrogens with zero attached hydrogens (tertiary/aromatic N) is 12.